The second-order valence-corrected chi connectivity index (χ2v) is 7.89. The van der Waals surface area contributed by atoms with Crippen molar-refractivity contribution in [2.24, 2.45) is 0 Å². The second kappa shape index (κ2) is 9.82. The Morgan fingerprint density at radius 3 is 2.61 bits per heavy atom. The highest BCUT2D eigenvalue weighted by atomic mass is 32.1. The van der Waals surface area contributed by atoms with Crippen molar-refractivity contribution in [3.63, 3.8) is 0 Å². The van der Waals surface area contributed by atoms with Crippen LogP contribution in [0.3, 0.4) is 0 Å². The summed E-state index contributed by atoms with van der Waals surface area (Å²) in [6.07, 6.45) is 3.12. The van der Waals surface area contributed by atoms with E-state index >= 15 is 0 Å². The number of amides is 1. The summed E-state index contributed by atoms with van der Waals surface area (Å²) >= 11 is 1.36. The molecule has 0 atom stereocenters. The van der Waals surface area contributed by atoms with Crippen LogP contribution in [0.1, 0.15) is 15.2 Å². The molecule has 0 aliphatic heterocycles. The van der Waals surface area contributed by atoms with Crippen LogP contribution in [0.2, 0.25) is 0 Å². The molecule has 1 heterocycles. The molecule has 0 radical (unpaired) electrons. The summed E-state index contributed by atoms with van der Waals surface area (Å²) in [4.78, 5) is 38.0. The number of nitrogens with zero attached hydrogens (tertiary/aromatic N) is 2. The minimum atomic E-state index is -0.407. The number of ketones is 1. The number of allylic oxidation sites excluding steroid dienone is 1. The van der Waals surface area contributed by atoms with Gasteiger partial charge in [0.1, 0.15) is 5.75 Å². The Morgan fingerprint density at radius 1 is 1.10 bits per heavy atom. The molecule has 8 heteroatoms. The highest BCUT2D eigenvalue weighted by molar-refractivity contribution is 7.16. The van der Waals surface area contributed by atoms with Crippen LogP contribution >= 0.6 is 11.3 Å². The van der Waals surface area contributed by atoms with Crippen molar-refractivity contribution in [1.29, 1.82) is 0 Å². The van der Waals surface area contributed by atoms with Gasteiger partial charge in [-0.3, -0.25) is 19.7 Å². The lowest BCUT2D eigenvalue weighted by Gasteiger charge is -2.11. The zero-order chi connectivity index (χ0) is 22.4. The number of benzene rings is 2. The first kappa shape index (κ1) is 21.9. The average Bonchev–Trinajstić information content (AvgIpc) is 3.24. The maximum Gasteiger partial charge on any atom is 0.278 e. The van der Waals surface area contributed by atoms with E-state index in [0.717, 1.165) is 9.75 Å². The highest BCUT2D eigenvalue weighted by Gasteiger charge is 2.15. The largest absolute Gasteiger partial charge is 0.484 e. The van der Waals surface area contributed by atoms with E-state index in [1.807, 2.05) is 6.07 Å². The summed E-state index contributed by atoms with van der Waals surface area (Å²) in [5, 5.41) is 11.2. The van der Waals surface area contributed by atoms with Crippen LogP contribution in [0.5, 0.6) is 5.75 Å². The Morgan fingerprint density at radius 2 is 1.87 bits per heavy atom. The summed E-state index contributed by atoms with van der Waals surface area (Å²) in [5.74, 6) is 0.0399. The van der Waals surface area contributed by atoms with Gasteiger partial charge in [0.15, 0.2) is 12.4 Å². The van der Waals surface area contributed by atoms with Gasteiger partial charge in [0.25, 0.3) is 11.6 Å². The number of nitro groups is 1. The molecule has 158 valence electrons. The van der Waals surface area contributed by atoms with Crippen molar-refractivity contribution < 1.29 is 19.2 Å². The van der Waals surface area contributed by atoms with Gasteiger partial charge in [0.05, 0.1) is 10.5 Å². The Bertz CT molecular complexity index is 1150. The maximum atomic E-state index is 12.5. The first-order valence-electron chi connectivity index (χ1n) is 9.34. The second-order valence-electron chi connectivity index (χ2n) is 6.78. The number of ether oxygens (including phenoxy) is 1. The molecule has 0 spiro atoms. The number of rotatable bonds is 8. The van der Waals surface area contributed by atoms with Crippen molar-refractivity contribution in [2.45, 2.75) is 0 Å². The minimum absolute atomic E-state index is 0.0421. The SMILES string of the molecule is CN(C)C(=O)COc1cccc(C(=O)/C=C/c2ccc(-c3ccccc3[N+](=O)[O-])s2)c1. The summed E-state index contributed by atoms with van der Waals surface area (Å²) < 4.78 is 5.45. The summed E-state index contributed by atoms with van der Waals surface area (Å²) in [7, 11) is 3.28. The molecule has 1 amide bonds. The van der Waals surface area contributed by atoms with E-state index < -0.39 is 4.92 Å². The fraction of sp³-hybridized carbons (Fsp3) is 0.130. The number of hydrogen-bond donors (Lipinski definition) is 0. The molecule has 0 saturated heterocycles. The molecule has 0 bridgehead atoms. The molecule has 31 heavy (non-hydrogen) atoms. The molecule has 3 aromatic rings. The summed E-state index contributed by atoms with van der Waals surface area (Å²) in [5.41, 5.74) is 1.02. The number of nitro benzene ring substituents is 1. The lowest BCUT2D eigenvalue weighted by atomic mass is 10.1. The van der Waals surface area contributed by atoms with E-state index in [1.54, 1.807) is 68.7 Å². The van der Waals surface area contributed by atoms with Crippen molar-refractivity contribution in [2.75, 3.05) is 20.7 Å². The Kier molecular flexibility index (Phi) is 6.94. The quantitative estimate of drug-likeness (QED) is 0.221. The van der Waals surface area contributed by atoms with Gasteiger partial charge in [-0.05, 0) is 42.5 Å². The van der Waals surface area contributed by atoms with E-state index in [9.17, 15) is 19.7 Å². The normalized spacial score (nSPS) is 10.8. The number of para-hydroxylation sites is 1. The van der Waals surface area contributed by atoms with E-state index in [2.05, 4.69) is 0 Å². The van der Waals surface area contributed by atoms with Gasteiger partial charge in [0.2, 0.25) is 0 Å². The lowest BCUT2D eigenvalue weighted by Crippen LogP contribution is -2.27. The zero-order valence-electron chi connectivity index (χ0n) is 17.0. The van der Waals surface area contributed by atoms with Crippen molar-refractivity contribution >= 4 is 34.8 Å². The third-order valence-corrected chi connectivity index (χ3v) is 5.46. The molecule has 2 aromatic carbocycles. The topological polar surface area (TPSA) is 89.8 Å². The predicted molar refractivity (Wildman–Crippen MR) is 120 cm³/mol. The van der Waals surface area contributed by atoms with Gasteiger partial charge in [-0.25, -0.2) is 0 Å². The fourth-order valence-electron chi connectivity index (χ4n) is 2.70. The van der Waals surface area contributed by atoms with Gasteiger partial charge in [-0.1, -0.05) is 24.3 Å². The van der Waals surface area contributed by atoms with Gasteiger partial charge < -0.3 is 9.64 Å². The maximum absolute atomic E-state index is 12.5. The van der Waals surface area contributed by atoms with Crippen LogP contribution in [0.4, 0.5) is 5.69 Å². The molecule has 0 aliphatic carbocycles. The van der Waals surface area contributed by atoms with E-state index in [1.165, 1.54) is 28.4 Å². The third kappa shape index (κ3) is 5.64. The van der Waals surface area contributed by atoms with E-state index in [0.29, 0.717) is 16.9 Å². The van der Waals surface area contributed by atoms with Crippen LogP contribution in [0, 0.1) is 10.1 Å². The number of carbonyl (C=O) groups is 2. The van der Waals surface area contributed by atoms with Crippen LogP contribution in [0.25, 0.3) is 16.5 Å². The number of hydrogen-bond acceptors (Lipinski definition) is 6. The Hall–Kier alpha value is -3.78. The van der Waals surface area contributed by atoms with Crippen LogP contribution in [-0.2, 0) is 4.79 Å². The molecular weight excluding hydrogens is 416 g/mol. The molecule has 7 nitrogen and oxygen atoms in total. The van der Waals surface area contributed by atoms with Gasteiger partial charge >= 0.3 is 0 Å². The van der Waals surface area contributed by atoms with Crippen LogP contribution in [0.15, 0.2) is 66.7 Å². The number of likely N-dealkylation sites (N-methyl/N-ethyl adjacent to an activating group) is 1. The molecule has 0 N–H and O–H groups in total. The zero-order valence-corrected chi connectivity index (χ0v) is 17.8. The number of carbonyl (C=O) groups excluding carboxylic acids is 2. The van der Waals surface area contributed by atoms with E-state index in [-0.39, 0.29) is 24.0 Å². The van der Waals surface area contributed by atoms with Crippen molar-refractivity contribution in [3.05, 3.63) is 87.3 Å². The molecule has 0 fully saturated rings. The van der Waals surface area contributed by atoms with Gasteiger partial charge in [-0.15, -0.1) is 11.3 Å². The first-order valence-corrected chi connectivity index (χ1v) is 10.2. The first-order chi connectivity index (χ1) is 14.8. The molecule has 0 aliphatic rings. The smallest absolute Gasteiger partial charge is 0.278 e. The monoisotopic (exact) mass is 436 g/mol. The van der Waals surface area contributed by atoms with Crippen molar-refractivity contribution in [1.82, 2.24) is 4.90 Å². The predicted octanol–water partition coefficient (Wildman–Crippen LogP) is 4.69. The Labute approximate surface area is 183 Å². The van der Waals surface area contributed by atoms with Gasteiger partial charge in [0, 0.05) is 35.5 Å². The van der Waals surface area contributed by atoms with E-state index in [4.69, 9.17) is 4.74 Å². The standard InChI is InChI=1S/C23H20N2O5S/c1-24(2)23(27)15-30-17-7-5-6-16(14-17)21(26)12-10-18-11-13-22(31-18)19-8-3-4-9-20(19)25(28)29/h3-14H,15H2,1-2H3/b12-10+. The Balaban J connectivity index is 1.71. The molecule has 0 unspecified atom stereocenters. The molecule has 1 aromatic heterocycles. The van der Waals surface area contributed by atoms with Crippen molar-refractivity contribution in [3.8, 4) is 16.2 Å². The molecule has 0 saturated carbocycles. The highest BCUT2D eigenvalue weighted by Crippen LogP contribution is 2.35. The fourth-order valence-corrected chi connectivity index (χ4v) is 3.64. The average molecular weight is 436 g/mol. The van der Waals surface area contributed by atoms with Gasteiger partial charge in [-0.2, -0.15) is 0 Å². The molecular formula is C23H20N2O5S. The number of thiophene rings is 1. The lowest BCUT2D eigenvalue weighted by molar-refractivity contribution is -0.384. The van der Waals surface area contributed by atoms with Crippen LogP contribution < -0.4 is 4.74 Å². The summed E-state index contributed by atoms with van der Waals surface area (Å²) in [6, 6.07) is 16.8. The molecule has 3 rings (SSSR count). The van der Waals surface area contributed by atoms with Crippen LogP contribution in [-0.4, -0.2) is 42.2 Å². The minimum Gasteiger partial charge on any atom is -0.484 e. The third-order valence-electron chi connectivity index (χ3n) is 4.37. The summed E-state index contributed by atoms with van der Waals surface area (Å²) in [6.45, 7) is -0.107.